The molecule has 1 rings (SSSR count). The molecular formula is C24H38N4O5. The Hall–Kier alpha value is -3.10. The number of alkyl carbamates (subject to hydrolysis) is 1. The fourth-order valence-corrected chi connectivity index (χ4v) is 3.28. The summed E-state index contributed by atoms with van der Waals surface area (Å²) in [5.74, 6) is -1.78. The first kappa shape index (κ1) is 27.9. The van der Waals surface area contributed by atoms with Gasteiger partial charge in [-0.25, -0.2) is 4.79 Å². The van der Waals surface area contributed by atoms with Crippen LogP contribution in [0.4, 0.5) is 4.79 Å². The van der Waals surface area contributed by atoms with Gasteiger partial charge in [0.25, 0.3) is 0 Å². The molecule has 0 aliphatic rings. The molecule has 0 spiro atoms. The molecule has 1 aromatic carbocycles. The van der Waals surface area contributed by atoms with Crippen LogP contribution >= 0.6 is 0 Å². The third kappa shape index (κ3) is 9.11. The zero-order valence-corrected chi connectivity index (χ0v) is 20.9. The lowest BCUT2D eigenvalue weighted by atomic mass is 9.94. The predicted molar refractivity (Wildman–Crippen MR) is 126 cm³/mol. The number of primary amides is 1. The second kappa shape index (κ2) is 11.2. The molecule has 0 saturated heterocycles. The van der Waals surface area contributed by atoms with E-state index in [1.807, 2.05) is 19.9 Å². The molecule has 0 aromatic heterocycles. The van der Waals surface area contributed by atoms with Crippen molar-refractivity contribution < 1.29 is 23.9 Å². The molecule has 9 heteroatoms. The third-order valence-electron chi connectivity index (χ3n) is 4.41. The summed E-state index contributed by atoms with van der Waals surface area (Å²) in [5.41, 5.74) is 4.31. The monoisotopic (exact) mass is 462 g/mol. The van der Waals surface area contributed by atoms with E-state index in [-0.39, 0.29) is 11.9 Å². The van der Waals surface area contributed by atoms with E-state index in [9.17, 15) is 19.2 Å². The maximum absolute atomic E-state index is 13.8. The molecular weight excluding hydrogens is 424 g/mol. The summed E-state index contributed by atoms with van der Waals surface area (Å²) >= 11 is 0. The summed E-state index contributed by atoms with van der Waals surface area (Å²) in [6.07, 6.45) is -1.31. The molecule has 1 aromatic rings. The Morgan fingerprint density at radius 1 is 0.970 bits per heavy atom. The van der Waals surface area contributed by atoms with Crippen molar-refractivity contribution in [1.82, 2.24) is 15.5 Å². The molecule has 0 fully saturated rings. The van der Waals surface area contributed by atoms with Gasteiger partial charge in [0.05, 0.1) is 6.42 Å². The van der Waals surface area contributed by atoms with Crippen molar-refractivity contribution in [2.24, 2.45) is 5.73 Å². The van der Waals surface area contributed by atoms with Crippen molar-refractivity contribution in [3.05, 3.63) is 35.9 Å². The first-order valence-electron chi connectivity index (χ1n) is 11.0. The number of amides is 4. The number of carbonyl (C=O) groups excluding carboxylic acids is 4. The van der Waals surface area contributed by atoms with Crippen LogP contribution in [0.3, 0.4) is 0 Å². The average molecular weight is 463 g/mol. The van der Waals surface area contributed by atoms with Crippen LogP contribution in [0.2, 0.25) is 0 Å². The molecule has 0 aliphatic carbocycles. The van der Waals surface area contributed by atoms with E-state index in [2.05, 4.69) is 10.6 Å². The zero-order valence-electron chi connectivity index (χ0n) is 20.9. The minimum absolute atomic E-state index is 0.165. The number of hydrogen-bond donors (Lipinski definition) is 3. The van der Waals surface area contributed by atoms with E-state index in [0.29, 0.717) is 5.56 Å². The van der Waals surface area contributed by atoms with Crippen LogP contribution < -0.4 is 16.4 Å². The van der Waals surface area contributed by atoms with E-state index < -0.39 is 47.6 Å². The van der Waals surface area contributed by atoms with Crippen molar-refractivity contribution >= 4 is 23.8 Å². The van der Waals surface area contributed by atoms with E-state index in [0.717, 1.165) is 0 Å². The van der Waals surface area contributed by atoms with Gasteiger partial charge < -0.3 is 26.0 Å². The van der Waals surface area contributed by atoms with E-state index in [1.165, 1.54) is 4.90 Å². The van der Waals surface area contributed by atoms with Gasteiger partial charge in [-0.1, -0.05) is 30.3 Å². The summed E-state index contributed by atoms with van der Waals surface area (Å²) in [4.78, 5) is 52.6. The average Bonchev–Trinajstić information content (AvgIpc) is 2.62. The van der Waals surface area contributed by atoms with Crippen molar-refractivity contribution in [3.63, 3.8) is 0 Å². The highest BCUT2D eigenvalue weighted by molar-refractivity contribution is 5.95. The van der Waals surface area contributed by atoms with Crippen molar-refractivity contribution in [2.45, 2.75) is 91.1 Å². The number of benzene rings is 1. The van der Waals surface area contributed by atoms with Crippen molar-refractivity contribution in [1.29, 1.82) is 0 Å². The Labute approximate surface area is 196 Å². The maximum atomic E-state index is 13.8. The van der Waals surface area contributed by atoms with E-state index in [4.69, 9.17) is 10.5 Å². The fourth-order valence-electron chi connectivity index (χ4n) is 3.28. The molecule has 9 nitrogen and oxygen atoms in total. The molecule has 0 radical (unpaired) electrons. The number of nitrogens with two attached hydrogens (primary N) is 1. The maximum Gasteiger partial charge on any atom is 0.408 e. The Bertz CT molecular complexity index is 841. The van der Waals surface area contributed by atoms with Crippen LogP contribution in [0.15, 0.2) is 30.3 Å². The first-order chi connectivity index (χ1) is 15.0. The number of ether oxygens (including phenoxy) is 1. The Kier molecular flexibility index (Phi) is 9.45. The second-order valence-electron chi connectivity index (χ2n) is 10.2. The molecule has 0 heterocycles. The molecule has 2 atom stereocenters. The molecule has 4 amide bonds. The number of carbonyl (C=O) groups is 4. The van der Waals surface area contributed by atoms with Gasteiger partial charge in [-0.2, -0.15) is 0 Å². The smallest absolute Gasteiger partial charge is 0.408 e. The predicted octanol–water partition coefficient (Wildman–Crippen LogP) is 2.65. The van der Waals surface area contributed by atoms with Crippen LogP contribution in [0.5, 0.6) is 0 Å². The van der Waals surface area contributed by atoms with Crippen LogP contribution in [0.25, 0.3) is 0 Å². The van der Waals surface area contributed by atoms with Crippen LogP contribution in [0.1, 0.15) is 73.4 Å². The molecule has 33 heavy (non-hydrogen) atoms. The summed E-state index contributed by atoms with van der Waals surface area (Å²) in [6.45, 7) is 14.0. The summed E-state index contributed by atoms with van der Waals surface area (Å²) in [7, 11) is 0. The summed E-state index contributed by atoms with van der Waals surface area (Å²) < 4.78 is 5.26. The molecule has 184 valence electrons. The van der Waals surface area contributed by atoms with E-state index >= 15 is 0 Å². The number of hydrogen-bond acceptors (Lipinski definition) is 5. The topological polar surface area (TPSA) is 131 Å². The minimum Gasteiger partial charge on any atom is -0.444 e. The highest BCUT2D eigenvalue weighted by Gasteiger charge is 2.42. The molecule has 0 aliphatic heterocycles. The molecule has 4 N–H and O–H groups in total. The van der Waals surface area contributed by atoms with Crippen LogP contribution in [-0.2, 0) is 19.1 Å². The molecule has 2 unspecified atom stereocenters. The highest BCUT2D eigenvalue weighted by atomic mass is 16.6. The van der Waals surface area contributed by atoms with Gasteiger partial charge in [0.2, 0.25) is 17.7 Å². The van der Waals surface area contributed by atoms with Gasteiger partial charge in [0, 0.05) is 11.6 Å². The van der Waals surface area contributed by atoms with Gasteiger partial charge >= 0.3 is 6.09 Å². The van der Waals surface area contributed by atoms with Gasteiger partial charge in [0.15, 0.2) is 0 Å². The molecule has 0 bridgehead atoms. The number of nitrogens with one attached hydrogen (secondary N) is 2. The zero-order chi connectivity index (χ0) is 25.6. The highest BCUT2D eigenvalue weighted by Crippen LogP contribution is 2.30. The molecule has 0 saturated carbocycles. The Balaban J connectivity index is 3.50. The quantitative estimate of drug-likeness (QED) is 0.547. The standard InChI is InChI=1S/C24H38N4O5/c1-15(2)26-20(30)19(16-12-10-9-11-13-16)28(23(3,4)5)21(31)17(14-18(25)29)27-22(32)33-24(6,7)8/h9-13,15,17,19H,14H2,1-8H3,(H2,25,29)(H,26,30)(H,27,32). The van der Waals surface area contributed by atoms with Crippen LogP contribution in [-0.4, -0.2) is 51.9 Å². The summed E-state index contributed by atoms with van der Waals surface area (Å²) in [5, 5.41) is 5.32. The Morgan fingerprint density at radius 2 is 1.52 bits per heavy atom. The number of rotatable bonds is 8. The normalized spacial score (nSPS) is 13.6. The van der Waals surface area contributed by atoms with E-state index in [1.54, 1.807) is 65.8 Å². The summed E-state index contributed by atoms with van der Waals surface area (Å²) in [6, 6.07) is 6.38. The largest absolute Gasteiger partial charge is 0.444 e. The second-order valence-corrected chi connectivity index (χ2v) is 10.2. The Morgan fingerprint density at radius 3 is 1.94 bits per heavy atom. The van der Waals surface area contributed by atoms with Crippen molar-refractivity contribution in [2.75, 3.05) is 0 Å². The lowest BCUT2D eigenvalue weighted by Crippen LogP contribution is -2.59. The van der Waals surface area contributed by atoms with Gasteiger partial charge in [-0.05, 0) is 61.0 Å². The third-order valence-corrected chi connectivity index (χ3v) is 4.41. The van der Waals surface area contributed by atoms with Gasteiger partial charge in [-0.15, -0.1) is 0 Å². The number of nitrogens with zero attached hydrogens (tertiary/aromatic N) is 1. The van der Waals surface area contributed by atoms with Gasteiger partial charge in [0.1, 0.15) is 17.7 Å². The minimum atomic E-state index is -1.31. The van der Waals surface area contributed by atoms with Crippen LogP contribution in [0, 0.1) is 0 Å². The SMILES string of the molecule is CC(C)NC(=O)C(c1ccccc1)N(C(=O)C(CC(N)=O)NC(=O)OC(C)(C)C)C(C)(C)C. The van der Waals surface area contributed by atoms with Gasteiger partial charge in [-0.3, -0.25) is 14.4 Å². The lowest BCUT2D eigenvalue weighted by Gasteiger charge is -2.43. The first-order valence-corrected chi connectivity index (χ1v) is 11.0. The lowest BCUT2D eigenvalue weighted by molar-refractivity contribution is -0.149. The van der Waals surface area contributed by atoms with Crippen molar-refractivity contribution in [3.8, 4) is 0 Å². The fraction of sp³-hybridized carbons (Fsp3) is 0.583.